The standard InChI is InChI=1S/C27H31F3N4O3/c28-27(29,30)21-1-2-23(24(15-21)32-11-5-18(6-12-32)26(36)37)19-7-14-34(16-19)25(35)20-8-13-33(17-20)22-3-9-31-10-4-22/h1-4,9-10,15,18-20H,5-8,11-14,16-17H2,(H,36,37). The number of pyridine rings is 1. The number of carbonyl (C=O) groups is 2. The summed E-state index contributed by atoms with van der Waals surface area (Å²) in [6, 6.07) is 7.75. The van der Waals surface area contributed by atoms with Crippen molar-refractivity contribution in [3.63, 3.8) is 0 Å². The van der Waals surface area contributed by atoms with Crippen LogP contribution in [0.4, 0.5) is 24.5 Å². The van der Waals surface area contributed by atoms with E-state index in [0.29, 0.717) is 57.7 Å². The zero-order valence-corrected chi connectivity index (χ0v) is 20.5. The van der Waals surface area contributed by atoms with Crippen molar-refractivity contribution in [1.29, 1.82) is 0 Å². The molecule has 7 nitrogen and oxygen atoms in total. The van der Waals surface area contributed by atoms with Crippen molar-refractivity contribution < 1.29 is 27.9 Å². The number of aromatic nitrogens is 1. The molecule has 10 heteroatoms. The first-order valence-corrected chi connectivity index (χ1v) is 12.8. The zero-order valence-electron chi connectivity index (χ0n) is 20.5. The van der Waals surface area contributed by atoms with E-state index in [9.17, 15) is 27.9 Å². The molecule has 1 aromatic carbocycles. The van der Waals surface area contributed by atoms with Gasteiger partial charge < -0.3 is 19.8 Å². The molecule has 2 atom stereocenters. The summed E-state index contributed by atoms with van der Waals surface area (Å²) in [6.45, 7) is 3.30. The van der Waals surface area contributed by atoms with Crippen molar-refractivity contribution in [2.75, 3.05) is 49.1 Å². The number of carbonyl (C=O) groups excluding carboxylic acids is 1. The Kier molecular flexibility index (Phi) is 7.00. The molecule has 0 bridgehead atoms. The Labute approximate surface area is 213 Å². The van der Waals surface area contributed by atoms with Crippen molar-refractivity contribution in [3.8, 4) is 0 Å². The van der Waals surface area contributed by atoms with Crippen LogP contribution in [0.15, 0.2) is 42.7 Å². The Balaban J connectivity index is 1.30. The number of alkyl halides is 3. The van der Waals surface area contributed by atoms with Gasteiger partial charge in [-0.15, -0.1) is 0 Å². The van der Waals surface area contributed by atoms with Crippen LogP contribution in [0.3, 0.4) is 0 Å². The van der Waals surface area contributed by atoms with Gasteiger partial charge in [-0.05, 0) is 55.5 Å². The smallest absolute Gasteiger partial charge is 0.416 e. The highest BCUT2D eigenvalue weighted by atomic mass is 19.4. The number of piperidine rings is 1. The highest BCUT2D eigenvalue weighted by Gasteiger charge is 2.38. The lowest BCUT2D eigenvalue weighted by molar-refractivity contribution is -0.142. The van der Waals surface area contributed by atoms with Crippen molar-refractivity contribution in [2.24, 2.45) is 11.8 Å². The molecule has 0 radical (unpaired) electrons. The predicted octanol–water partition coefficient (Wildman–Crippen LogP) is 4.24. The van der Waals surface area contributed by atoms with Gasteiger partial charge in [0.25, 0.3) is 0 Å². The van der Waals surface area contributed by atoms with E-state index in [-0.39, 0.29) is 17.7 Å². The number of anilines is 2. The second-order valence-corrected chi connectivity index (χ2v) is 10.3. The van der Waals surface area contributed by atoms with Crippen LogP contribution < -0.4 is 9.80 Å². The Morgan fingerprint density at radius 2 is 1.54 bits per heavy atom. The highest BCUT2D eigenvalue weighted by molar-refractivity contribution is 5.81. The van der Waals surface area contributed by atoms with Gasteiger partial charge in [0.2, 0.25) is 5.91 Å². The van der Waals surface area contributed by atoms with Gasteiger partial charge in [0, 0.05) is 69.0 Å². The van der Waals surface area contributed by atoms with E-state index in [4.69, 9.17) is 0 Å². The van der Waals surface area contributed by atoms with E-state index in [1.807, 2.05) is 21.9 Å². The molecule has 0 aliphatic carbocycles. The predicted molar refractivity (Wildman–Crippen MR) is 133 cm³/mol. The first kappa shape index (κ1) is 25.4. The van der Waals surface area contributed by atoms with Crippen molar-refractivity contribution in [2.45, 2.75) is 37.8 Å². The van der Waals surface area contributed by atoms with Crippen LogP contribution in [0.5, 0.6) is 0 Å². The second-order valence-electron chi connectivity index (χ2n) is 10.3. The van der Waals surface area contributed by atoms with Crippen molar-refractivity contribution >= 4 is 23.3 Å². The fraction of sp³-hybridized carbons (Fsp3) is 0.519. The molecule has 1 aromatic heterocycles. The number of hydrogen-bond donors (Lipinski definition) is 1. The first-order valence-electron chi connectivity index (χ1n) is 12.8. The zero-order chi connectivity index (χ0) is 26.2. The summed E-state index contributed by atoms with van der Waals surface area (Å²) >= 11 is 0. The fourth-order valence-corrected chi connectivity index (χ4v) is 5.93. The van der Waals surface area contributed by atoms with Crippen molar-refractivity contribution in [1.82, 2.24) is 9.88 Å². The average Bonchev–Trinajstić information content (AvgIpc) is 3.59. The largest absolute Gasteiger partial charge is 0.481 e. The van der Waals surface area contributed by atoms with Crippen LogP contribution in [-0.4, -0.2) is 66.1 Å². The molecule has 5 rings (SSSR count). The normalized spacial score (nSPS) is 23.1. The maximum Gasteiger partial charge on any atom is 0.416 e. The molecule has 3 fully saturated rings. The van der Waals surface area contributed by atoms with Gasteiger partial charge in [0.1, 0.15) is 0 Å². The number of hydrogen-bond acceptors (Lipinski definition) is 5. The molecular formula is C27H31F3N4O3. The summed E-state index contributed by atoms with van der Waals surface area (Å²) in [5, 5.41) is 9.31. The van der Waals surface area contributed by atoms with Gasteiger partial charge in [0.05, 0.1) is 17.4 Å². The van der Waals surface area contributed by atoms with E-state index in [2.05, 4.69) is 9.88 Å². The molecule has 3 aliphatic rings. The minimum absolute atomic E-state index is 0.0591. The van der Waals surface area contributed by atoms with E-state index in [1.165, 1.54) is 6.07 Å². The number of nitrogens with zero attached hydrogens (tertiary/aromatic N) is 4. The topological polar surface area (TPSA) is 77.0 Å². The molecular weight excluding hydrogens is 485 g/mol. The van der Waals surface area contributed by atoms with Crippen LogP contribution >= 0.6 is 0 Å². The minimum Gasteiger partial charge on any atom is -0.481 e. The van der Waals surface area contributed by atoms with Gasteiger partial charge >= 0.3 is 12.1 Å². The van der Waals surface area contributed by atoms with Crippen LogP contribution in [-0.2, 0) is 15.8 Å². The molecule has 4 heterocycles. The first-order chi connectivity index (χ1) is 17.7. The molecule has 2 unspecified atom stereocenters. The van der Waals surface area contributed by atoms with E-state index in [1.54, 1.807) is 18.5 Å². The monoisotopic (exact) mass is 516 g/mol. The maximum absolute atomic E-state index is 13.6. The lowest BCUT2D eigenvalue weighted by Crippen LogP contribution is -2.37. The van der Waals surface area contributed by atoms with Gasteiger partial charge in [-0.25, -0.2) is 0 Å². The second kappa shape index (κ2) is 10.2. The van der Waals surface area contributed by atoms with Gasteiger partial charge in [-0.1, -0.05) is 6.07 Å². The minimum atomic E-state index is -4.46. The molecule has 37 heavy (non-hydrogen) atoms. The molecule has 0 saturated carbocycles. The summed E-state index contributed by atoms with van der Waals surface area (Å²) in [7, 11) is 0. The third-order valence-electron chi connectivity index (χ3n) is 8.05. The number of rotatable bonds is 5. The Hall–Kier alpha value is -3.30. The highest BCUT2D eigenvalue weighted by Crippen LogP contribution is 2.40. The van der Waals surface area contributed by atoms with E-state index in [0.717, 1.165) is 30.3 Å². The lowest BCUT2D eigenvalue weighted by Gasteiger charge is -2.34. The van der Waals surface area contributed by atoms with Gasteiger partial charge in [-0.3, -0.25) is 14.6 Å². The third kappa shape index (κ3) is 5.38. The van der Waals surface area contributed by atoms with Crippen LogP contribution in [0.1, 0.15) is 42.7 Å². The van der Waals surface area contributed by atoms with Gasteiger partial charge in [-0.2, -0.15) is 13.2 Å². The van der Waals surface area contributed by atoms with Crippen LogP contribution in [0.25, 0.3) is 0 Å². The number of aliphatic carboxylic acids is 1. The molecule has 0 spiro atoms. The fourth-order valence-electron chi connectivity index (χ4n) is 5.93. The molecule has 1 amide bonds. The van der Waals surface area contributed by atoms with Crippen LogP contribution in [0.2, 0.25) is 0 Å². The number of carboxylic acid groups (broad SMARTS) is 1. The van der Waals surface area contributed by atoms with Crippen LogP contribution in [0, 0.1) is 11.8 Å². The third-order valence-corrected chi connectivity index (χ3v) is 8.05. The molecule has 198 valence electrons. The van der Waals surface area contributed by atoms with Gasteiger partial charge in [0.15, 0.2) is 0 Å². The van der Waals surface area contributed by atoms with E-state index >= 15 is 0 Å². The Morgan fingerprint density at radius 3 is 2.22 bits per heavy atom. The SMILES string of the molecule is O=C(O)C1CCN(c2cc(C(F)(F)F)ccc2C2CCN(C(=O)C3CCN(c4ccncc4)C3)C2)CC1. The maximum atomic E-state index is 13.6. The number of amides is 1. The number of benzene rings is 1. The average molecular weight is 517 g/mol. The lowest BCUT2D eigenvalue weighted by atomic mass is 9.91. The van der Waals surface area contributed by atoms with Crippen molar-refractivity contribution in [3.05, 3.63) is 53.9 Å². The summed E-state index contributed by atoms with van der Waals surface area (Å²) in [5.74, 6) is -1.38. The quantitative estimate of drug-likeness (QED) is 0.641. The molecule has 2 aromatic rings. The van der Waals surface area contributed by atoms with E-state index < -0.39 is 23.6 Å². The number of halogens is 3. The molecule has 3 aliphatic heterocycles. The molecule has 3 saturated heterocycles. The number of likely N-dealkylation sites (tertiary alicyclic amines) is 1. The Morgan fingerprint density at radius 1 is 0.865 bits per heavy atom. The summed E-state index contributed by atoms with van der Waals surface area (Å²) in [5.41, 5.74) is 1.66. The summed E-state index contributed by atoms with van der Waals surface area (Å²) < 4.78 is 40.7. The summed E-state index contributed by atoms with van der Waals surface area (Å²) in [4.78, 5) is 34.7. The summed E-state index contributed by atoms with van der Waals surface area (Å²) in [6.07, 6.45) is 1.27. The number of carboxylic acids is 1. The Bertz CT molecular complexity index is 1140. The molecule has 1 N–H and O–H groups in total.